The lowest BCUT2D eigenvalue weighted by atomic mass is 10.1. The summed E-state index contributed by atoms with van der Waals surface area (Å²) in [5.74, 6) is 0.977. The minimum Gasteiger partial charge on any atom is -0.360 e. The number of amides is 1. The number of aryl methyl sites for hydroxylation is 2. The first-order valence-corrected chi connectivity index (χ1v) is 11.4. The largest absolute Gasteiger partial charge is 0.360 e. The normalized spacial score (nSPS) is 12.8. The molecule has 0 unspecified atom stereocenters. The molecule has 2 aromatic heterocycles. The van der Waals surface area contributed by atoms with Gasteiger partial charge >= 0.3 is 0 Å². The molecule has 2 N–H and O–H groups in total. The molecule has 3 aromatic rings. The number of hydrogen-bond donors (Lipinski definition) is 2. The predicted octanol–water partition coefficient (Wildman–Crippen LogP) is 2.97. The molecule has 0 saturated carbocycles. The SMILES string of the molecule is Cc1noc(C)c1S(=O)(=O)N[C@@H](C)C(=O)Nc1cccc(Cn2ccnc2C(C)C)c1. The van der Waals surface area contributed by atoms with Crippen LogP contribution in [0, 0.1) is 13.8 Å². The van der Waals surface area contributed by atoms with Crippen LogP contribution in [0.2, 0.25) is 0 Å². The van der Waals surface area contributed by atoms with E-state index in [2.05, 4.69) is 38.6 Å². The third kappa shape index (κ3) is 5.20. The van der Waals surface area contributed by atoms with Gasteiger partial charge in [-0.05, 0) is 38.5 Å². The highest BCUT2D eigenvalue weighted by atomic mass is 32.2. The Balaban J connectivity index is 1.69. The predicted molar refractivity (Wildman–Crippen MR) is 116 cm³/mol. The fraction of sp³-hybridized carbons (Fsp3) is 0.381. The van der Waals surface area contributed by atoms with E-state index in [-0.39, 0.29) is 16.3 Å². The van der Waals surface area contributed by atoms with E-state index < -0.39 is 22.0 Å². The summed E-state index contributed by atoms with van der Waals surface area (Å²) in [5, 5.41) is 6.42. The Morgan fingerprint density at radius 1 is 1.23 bits per heavy atom. The van der Waals surface area contributed by atoms with Crippen LogP contribution in [0.15, 0.2) is 46.1 Å². The van der Waals surface area contributed by atoms with Crippen molar-refractivity contribution >= 4 is 21.6 Å². The Morgan fingerprint density at radius 3 is 2.61 bits per heavy atom. The third-order valence-electron chi connectivity index (χ3n) is 4.77. The van der Waals surface area contributed by atoms with Gasteiger partial charge in [0.1, 0.15) is 16.4 Å². The van der Waals surface area contributed by atoms with E-state index in [4.69, 9.17) is 4.52 Å². The zero-order valence-corrected chi connectivity index (χ0v) is 19.0. The molecule has 2 heterocycles. The highest BCUT2D eigenvalue weighted by Gasteiger charge is 2.28. The van der Waals surface area contributed by atoms with Crippen LogP contribution < -0.4 is 10.0 Å². The summed E-state index contributed by atoms with van der Waals surface area (Å²) in [6, 6.07) is 6.42. The molecular weight excluding hydrogens is 418 g/mol. The summed E-state index contributed by atoms with van der Waals surface area (Å²) >= 11 is 0. The molecule has 0 aliphatic heterocycles. The fourth-order valence-corrected chi connectivity index (χ4v) is 4.89. The molecule has 1 amide bonds. The van der Waals surface area contributed by atoms with Crippen LogP contribution in [0.1, 0.15) is 49.5 Å². The van der Waals surface area contributed by atoms with Crippen molar-refractivity contribution in [2.24, 2.45) is 0 Å². The molecular formula is C21H27N5O4S. The standard InChI is InChI=1S/C21H27N5O4S/c1-13(2)20-22-9-10-26(20)12-17-7-6-8-18(11-17)23-21(27)15(4)25-31(28,29)19-14(3)24-30-16(19)5/h6-11,13,15,25H,12H2,1-5H3,(H,23,27)/t15-/m0/s1. The van der Waals surface area contributed by atoms with Crippen molar-refractivity contribution in [1.82, 2.24) is 19.4 Å². The van der Waals surface area contributed by atoms with E-state index in [1.165, 1.54) is 20.8 Å². The summed E-state index contributed by atoms with van der Waals surface area (Å²) in [7, 11) is -3.95. The maximum atomic E-state index is 12.6. The van der Waals surface area contributed by atoms with Crippen LogP contribution in [0.5, 0.6) is 0 Å². The van der Waals surface area contributed by atoms with Crippen molar-refractivity contribution in [2.75, 3.05) is 5.32 Å². The van der Waals surface area contributed by atoms with Crippen LogP contribution in [0.4, 0.5) is 5.69 Å². The van der Waals surface area contributed by atoms with Crippen LogP contribution in [0.25, 0.3) is 0 Å². The first-order valence-electron chi connectivity index (χ1n) is 9.94. The monoisotopic (exact) mass is 445 g/mol. The highest BCUT2D eigenvalue weighted by molar-refractivity contribution is 7.89. The Labute approximate surface area is 181 Å². The molecule has 3 rings (SSSR count). The number of anilines is 1. The molecule has 0 bridgehead atoms. The number of nitrogens with zero attached hydrogens (tertiary/aromatic N) is 3. The molecule has 166 valence electrons. The maximum absolute atomic E-state index is 12.6. The van der Waals surface area contributed by atoms with Gasteiger partial charge in [0.25, 0.3) is 0 Å². The van der Waals surface area contributed by atoms with Crippen LogP contribution in [0.3, 0.4) is 0 Å². The second kappa shape index (κ2) is 9.03. The summed E-state index contributed by atoms with van der Waals surface area (Å²) in [6.45, 7) is 9.31. The highest BCUT2D eigenvalue weighted by Crippen LogP contribution is 2.20. The van der Waals surface area contributed by atoms with Crippen LogP contribution in [-0.4, -0.2) is 35.1 Å². The molecule has 0 radical (unpaired) electrons. The number of carbonyl (C=O) groups excluding carboxylic acids is 1. The Kier molecular flexibility index (Phi) is 6.61. The first-order chi connectivity index (χ1) is 14.6. The zero-order chi connectivity index (χ0) is 22.8. The number of rotatable bonds is 8. The second-order valence-electron chi connectivity index (χ2n) is 7.75. The Bertz CT molecular complexity index is 1160. The lowest BCUT2D eigenvalue weighted by molar-refractivity contribution is -0.117. The average molecular weight is 446 g/mol. The average Bonchev–Trinajstić information content (AvgIpc) is 3.28. The Hall–Kier alpha value is -2.98. The lowest BCUT2D eigenvalue weighted by Gasteiger charge is -2.15. The van der Waals surface area contributed by atoms with Gasteiger partial charge in [0.05, 0.1) is 6.04 Å². The number of benzene rings is 1. The van der Waals surface area contributed by atoms with Crippen molar-refractivity contribution in [3.05, 3.63) is 59.5 Å². The molecule has 1 atom stereocenters. The van der Waals surface area contributed by atoms with Crippen LogP contribution in [-0.2, 0) is 21.4 Å². The molecule has 0 aliphatic rings. The van der Waals surface area contributed by atoms with E-state index in [9.17, 15) is 13.2 Å². The van der Waals surface area contributed by atoms with Gasteiger partial charge in [-0.2, -0.15) is 4.72 Å². The summed E-state index contributed by atoms with van der Waals surface area (Å²) in [6.07, 6.45) is 3.69. The number of hydrogen-bond acceptors (Lipinski definition) is 6. The smallest absolute Gasteiger partial charge is 0.246 e. The van der Waals surface area contributed by atoms with E-state index in [1.807, 2.05) is 24.4 Å². The number of carbonyl (C=O) groups is 1. The van der Waals surface area contributed by atoms with E-state index >= 15 is 0 Å². The summed E-state index contributed by atoms with van der Waals surface area (Å²) in [4.78, 5) is 17.0. The van der Waals surface area contributed by atoms with E-state index in [0.29, 0.717) is 18.2 Å². The first kappa shape index (κ1) is 22.7. The maximum Gasteiger partial charge on any atom is 0.246 e. The minimum absolute atomic E-state index is 0.0459. The quantitative estimate of drug-likeness (QED) is 0.550. The lowest BCUT2D eigenvalue weighted by Crippen LogP contribution is -2.41. The van der Waals surface area contributed by atoms with Gasteiger partial charge in [-0.1, -0.05) is 31.1 Å². The number of imidazole rings is 1. The molecule has 0 fully saturated rings. The van der Waals surface area contributed by atoms with Crippen molar-refractivity contribution in [3.8, 4) is 0 Å². The molecule has 9 nitrogen and oxygen atoms in total. The van der Waals surface area contributed by atoms with Crippen molar-refractivity contribution in [3.63, 3.8) is 0 Å². The zero-order valence-electron chi connectivity index (χ0n) is 18.2. The fourth-order valence-electron chi connectivity index (χ4n) is 3.35. The topological polar surface area (TPSA) is 119 Å². The minimum atomic E-state index is -3.95. The summed E-state index contributed by atoms with van der Waals surface area (Å²) < 4.78 is 34.6. The molecule has 31 heavy (non-hydrogen) atoms. The Morgan fingerprint density at radius 2 is 1.97 bits per heavy atom. The number of aromatic nitrogens is 3. The van der Waals surface area contributed by atoms with Gasteiger partial charge in [-0.3, -0.25) is 4.79 Å². The van der Waals surface area contributed by atoms with Gasteiger partial charge < -0.3 is 14.4 Å². The van der Waals surface area contributed by atoms with Gasteiger partial charge in [-0.15, -0.1) is 0 Å². The van der Waals surface area contributed by atoms with Gasteiger partial charge in [0, 0.05) is 30.5 Å². The van der Waals surface area contributed by atoms with Crippen LogP contribution >= 0.6 is 0 Å². The van der Waals surface area contributed by atoms with Crippen molar-refractivity contribution < 1.29 is 17.7 Å². The molecule has 1 aromatic carbocycles. The van der Waals surface area contributed by atoms with Gasteiger partial charge in [-0.25, -0.2) is 13.4 Å². The van der Waals surface area contributed by atoms with E-state index in [0.717, 1.165) is 11.4 Å². The number of nitrogens with one attached hydrogen (secondary N) is 2. The summed E-state index contributed by atoms with van der Waals surface area (Å²) in [5.41, 5.74) is 1.81. The molecule has 0 saturated heterocycles. The van der Waals surface area contributed by atoms with Crippen molar-refractivity contribution in [1.29, 1.82) is 0 Å². The molecule has 0 spiro atoms. The number of sulfonamides is 1. The molecule has 0 aliphatic carbocycles. The van der Waals surface area contributed by atoms with Gasteiger partial charge in [0.15, 0.2) is 5.76 Å². The third-order valence-corrected chi connectivity index (χ3v) is 6.56. The van der Waals surface area contributed by atoms with Gasteiger partial charge in [0.2, 0.25) is 15.9 Å². The second-order valence-corrected chi connectivity index (χ2v) is 9.40. The van der Waals surface area contributed by atoms with Crippen molar-refractivity contribution in [2.45, 2.75) is 58.0 Å². The molecule has 10 heteroatoms. The van der Waals surface area contributed by atoms with E-state index in [1.54, 1.807) is 12.3 Å².